The predicted octanol–water partition coefficient (Wildman–Crippen LogP) is 1.69. The van der Waals surface area contributed by atoms with Crippen molar-refractivity contribution in [1.82, 2.24) is 10.2 Å². The number of rotatable bonds is 6. The van der Waals surface area contributed by atoms with Gasteiger partial charge in [-0.1, -0.05) is 13.0 Å². The number of likely N-dealkylation sites (tertiary alicyclic amines) is 1. The molecule has 1 saturated heterocycles. The Morgan fingerprint density at radius 2 is 1.96 bits per heavy atom. The fourth-order valence-electron chi connectivity index (χ4n) is 3.30. The first-order valence-electron chi connectivity index (χ1n) is 9.31. The Balaban J connectivity index is 2.17. The van der Waals surface area contributed by atoms with Crippen LogP contribution in [0, 0.1) is 11.8 Å². The van der Waals surface area contributed by atoms with Crippen molar-refractivity contribution in [3.8, 4) is 5.75 Å². The number of aliphatic imine (C=N–C) groups is 1. The minimum Gasteiger partial charge on any atom is -0.496 e. The Kier molecular flexibility index (Phi) is 7.66. The van der Waals surface area contributed by atoms with Crippen molar-refractivity contribution in [2.45, 2.75) is 20.4 Å². The largest absolute Gasteiger partial charge is 0.496 e. The van der Waals surface area contributed by atoms with Gasteiger partial charge >= 0.3 is 11.9 Å². The lowest BCUT2D eigenvalue weighted by molar-refractivity contribution is -0.145. The summed E-state index contributed by atoms with van der Waals surface area (Å²) < 4.78 is 15.0. The van der Waals surface area contributed by atoms with E-state index in [0.717, 1.165) is 24.6 Å². The molecule has 1 aromatic rings. The van der Waals surface area contributed by atoms with Crippen LogP contribution in [0.25, 0.3) is 0 Å². The highest BCUT2D eigenvalue weighted by atomic mass is 16.5. The highest BCUT2D eigenvalue weighted by molar-refractivity contribution is 5.92. The molecule has 1 N–H and O–H groups in total. The summed E-state index contributed by atoms with van der Waals surface area (Å²) in [7, 11) is 4.27. The number of nitrogens with one attached hydrogen (secondary N) is 1. The molecule has 8 nitrogen and oxygen atoms in total. The van der Waals surface area contributed by atoms with E-state index < -0.39 is 5.97 Å². The van der Waals surface area contributed by atoms with Crippen molar-refractivity contribution in [3.63, 3.8) is 0 Å². The molecular formula is C20H29N3O5. The number of hydrogen-bond acceptors (Lipinski definition) is 6. The molecule has 8 heteroatoms. The molecule has 0 aromatic heterocycles. The van der Waals surface area contributed by atoms with Crippen molar-refractivity contribution < 1.29 is 23.8 Å². The molecule has 1 aromatic carbocycles. The molecule has 0 saturated carbocycles. The number of benzene rings is 1. The molecule has 154 valence electrons. The Morgan fingerprint density at radius 3 is 2.57 bits per heavy atom. The van der Waals surface area contributed by atoms with Crippen LogP contribution in [0.3, 0.4) is 0 Å². The maximum Gasteiger partial charge on any atom is 0.341 e. The van der Waals surface area contributed by atoms with E-state index in [1.807, 2.05) is 19.9 Å². The number of nitrogens with zero attached hydrogens (tertiary/aromatic N) is 2. The van der Waals surface area contributed by atoms with Crippen LogP contribution in [0.4, 0.5) is 0 Å². The summed E-state index contributed by atoms with van der Waals surface area (Å²) >= 11 is 0. The van der Waals surface area contributed by atoms with Crippen LogP contribution in [0.5, 0.6) is 5.75 Å². The van der Waals surface area contributed by atoms with E-state index in [-0.39, 0.29) is 17.8 Å². The summed E-state index contributed by atoms with van der Waals surface area (Å²) in [6.07, 6.45) is 0. The third kappa shape index (κ3) is 4.94. The smallest absolute Gasteiger partial charge is 0.341 e. The fraction of sp³-hybridized carbons (Fsp3) is 0.550. The van der Waals surface area contributed by atoms with Crippen LogP contribution in [0.15, 0.2) is 23.2 Å². The summed E-state index contributed by atoms with van der Waals surface area (Å²) in [5, 5.41) is 3.28. The normalized spacial score (nSPS) is 19.3. The van der Waals surface area contributed by atoms with Crippen LogP contribution in [0.2, 0.25) is 0 Å². The van der Waals surface area contributed by atoms with Gasteiger partial charge in [0, 0.05) is 19.6 Å². The SMILES string of the molecule is CCNC(=NCc1ccc(C(=O)OC)c(OC)c1)N1CC(C)C(C(=O)OC)C1. The van der Waals surface area contributed by atoms with E-state index in [4.69, 9.17) is 19.2 Å². The number of carbonyl (C=O) groups excluding carboxylic acids is 2. The van der Waals surface area contributed by atoms with Gasteiger partial charge in [0.1, 0.15) is 11.3 Å². The monoisotopic (exact) mass is 391 g/mol. The maximum absolute atomic E-state index is 12.0. The van der Waals surface area contributed by atoms with Crippen LogP contribution in [-0.4, -0.2) is 63.8 Å². The number of guanidine groups is 1. The Labute approximate surface area is 165 Å². The summed E-state index contributed by atoms with van der Waals surface area (Å²) in [5.74, 6) is 0.597. The predicted molar refractivity (Wildman–Crippen MR) is 105 cm³/mol. The summed E-state index contributed by atoms with van der Waals surface area (Å²) in [4.78, 5) is 30.5. The second-order valence-corrected chi connectivity index (χ2v) is 6.71. The molecule has 0 radical (unpaired) electrons. The van der Waals surface area contributed by atoms with E-state index in [9.17, 15) is 9.59 Å². The number of ether oxygens (including phenoxy) is 3. The number of esters is 2. The van der Waals surface area contributed by atoms with Gasteiger partial charge in [0.2, 0.25) is 0 Å². The van der Waals surface area contributed by atoms with Crippen molar-refractivity contribution in [2.24, 2.45) is 16.8 Å². The van der Waals surface area contributed by atoms with Gasteiger partial charge in [-0.05, 0) is 30.5 Å². The Bertz CT molecular complexity index is 735. The van der Waals surface area contributed by atoms with E-state index in [1.54, 1.807) is 12.1 Å². The molecule has 1 heterocycles. The van der Waals surface area contributed by atoms with Crippen LogP contribution >= 0.6 is 0 Å². The second-order valence-electron chi connectivity index (χ2n) is 6.71. The average molecular weight is 391 g/mol. The van der Waals surface area contributed by atoms with Gasteiger partial charge in [0.15, 0.2) is 5.96 Å². The van der Waals surface area contributed by atoms with Crippen molar-refractivity contribution in [2.75, 3.05) is 41.0 Å². The van der Waals surface area contributed by atoms with Gasteiger partial charge in [-0.15, -0.1) is 0 Å². The fourth-order valence-corrected chi connectivity index (χ4v) is 3.30. The zero-order valence-corrected chi connectivity index (χ0v) is 17.2. The van der Waals surface area contributed by atoms with Crippen LogP contribution in [0.1, 0.15) is 29.8 Å². The van der Waals surface area contributed by atoms with Gasteiger partial charge < -0.3 is 24.4 Å². The van der Waals surface area contributed by atoms with Gasteiger partial charge in [-0.3, -0.25) is 4.79 Å². The molecule has 2 atom stereocenters. The Morgan fingerprint density at radius 1 is 1.21 bits per heavy atom. The number of methoxy groups -OCH3 is 3. The lowest BCUT2D eigenvalue weighted by Crippen LogP contribution is -2.40. The quantitative estimate of drug-likeness (QED) is 0.448. The van der Waals surface area contributed by atoms with Gasteiger partial charge in [-0.2, -0.15) is 0 Å². The van der Waals surface area contributed by atoms with Crippen molar-refractivity contribution in [1.29, 1.82) is 0 Å². The topological polar surface area (TPSA) is 89.5 Å². The second kappa shape index (κ2) is 9.96. The molecule has 1 aliphatic rings. The molecule has 0 aliphatic carbocycles. The molecule has 2 unspecified atom stereocenters. The lowest BCUT2D eigenvalue weighted by Gasteiger charge is -2.21. The molecule has 28 heavy (non-hydrogen) atoms. The summed E-state index contributed by atoms with van der Waals surface area (Å²) in [5.41, 5.74) is 1.27. The molecule has 0 bridgehead atoms. The molecule has 0 spiro atoms. The highest BCUT2D eigenvalue weighted by Crippen LogP contribution is 2.25. The first kappa shape index (κ1) is 21.5. The highest BCUT2D eigenvalue weighted by Gasteiger charge is 2.36. The zero-order valence-electron chi connectivity index (χ0n) is 17.2. The van der Waals surface area contributed by atoms with E-state index >= 15 is 0 Å². The standard InChI is InChI=1S/C20H29N3O5/c1-6-21-20(23-11-13(2)16(12-23)19(25)28-5)22-10-14-7-8-15(18(24)27-4)17(9-14)26-3/h7-9,13,16H,6,10-12H2,1-5H3,(H,21,22). The maximum atomic E-state index is 12.0. The van der Waals surface area contributed by atoms with Crippen molar-refractivity contribution in [3.05, 3.63) is 29.3 Å². The lowest BCUT2D eigenvalue weighted by atomic mass is 9.99. The number of hydrogen-bond donors (Lipinski definition) is 1. The van der Waals surface area contributed by atoms with Crippen molar-refractivity contribution >= 4 is 17.9 Å². The minimum atomic E-state index is -0.444. The Hall–Kier alpha value is -2.77. The zero-order chi connectivity index (χ0) is 20.7. The van der Waals surface area contributed by atoms with Gasteiger partial charge in [0.25, 0.3) is 0 Å². The van der Waals surface area contributed by atoms with Crippen LogP contribution in [-0.2, 0) is 20.8 Å². The third-order valence-corrected chi connectivity index (χ3v) is 4.83. The molecule has 1 aliphatic heterocycles. The number of carbonyl (C=O) groups is 2. The summed E-state index contributed by atoms with van der Waals surface area (Å²) in [6, 6.07) is 5.28. The molecule has 1 fully saturated rings. The first-order chi connectivity index (χ1) is 13.4. The third-order valence-electron chi connectivity index (χ3n) is 4.83. The molecular weight excluding hydrogens is 362 g/mol. The molecule has 0 amide bonds. The van der Waals surface area contributed by atoms with E-state index in [0.29, 0.717) is 24.4 Å². The van der Waals surface area contributed by atoms with Gasteiger partial charge in [0.05, 0.1) is 33.8 Å². The molecule has 2 rings (SSSR count). The van der Waals surface area contributed by atoms with E-state index in [2.05, 4.69) is 10.2 Å². The van der Waals surface area contributed by atoms with Crippen LogP contribution < -0.4 is 10.1 Å². The van der Waals surface area contributed by atoms with Gasteiger partial charge in [-0.25, -0.2) is 9.79 Å². The average Bonchev–Trinajstić information content (AvgIpc) is 3.11. The summed E-state index contributed by atoms with van der Waals surface area (Å²) in [6.45, 7) is 6.48. The van der Waals surface area contributed by atoms with E-state index in [1.165, 1.54) is 21.3 Å². The minimum absolute atomic E-state index is 0.159. The first-order valence-corrected chi connectivity index (χ1v) is 9.31.